The lowest BCUT2D eigenvalue weighted by molar-refractivity contribution is -0.0852. The van der Waals surface area contributed by atoms with Crippen LogP contribution in [0.15, 0.2) is 43.1 Å². The quantitative estimate of drug-likeness (QED) is 0.197. The predicted octanol–water partition coefficient (Wildman–Crippen LogP) is 4.69. The monoisotopic (exact) mass is 697 g/mol. The van der Waals surface area contributed by atoms with Crippen LogP contribution < -0.4 is 14.8 Å². The lowest BCUT2D eigenvalue weighted by atomic mass is 9.78. The van der Waals surface area contributed by atoms with Crippen LogP contribution in [0.5, 0.6) is 11.6 Å². The maximum atomic E-state index is 10.6. The molecule has 4 aromatic rings. The van der Waals surface area contributed by atoms with E-state index in [2.05, 4.69) is 55.6 Å². The number of benzene rings is 1. The lowest BCUT2D eigenvalue weighted by Gasteiger charge is -2.42. The highest BCUT2D eigenvalue weighted by molar-refractivity contribution is 5.67. The Balaban J connectivity index is 1.03. The van der Waals surface area contributed by atoms with E-state index in [0.29, 0.717) is 54.4 Å². The fourth-order valence-electron chi connectivity index (χ4n) is 7.47. The molecule has 0 spiro atoms. The van der Waals surface area contributed by atoms with Crippen molar-refractivity contribution in [2.75, 3.05) is 25.0 Å². The zero-order valence-corrected chi connectivity index (χ0v) is 29.6. The SMILES string of the molecule is C[C@@H]1CN([C@H]2CC[C@H](n3cc(Nc4ncc(-c5ccc(C#N)c(O[C@@H](C)Cn6cnnn6)c5)cn4)c(OCCC4(O)CCC4)n3)CC2)C[C@H](C)O1. The van der Waals surface area contributed by atoms with Gasteiger partial charge in [-0.05, 0) is 93.8 Å². The molecule has 1 saturated heterocycles. The number of anilines is 2. The molecule has 3 fully saturated rings. The number of morpholine rings is 1. The number of tetrazole rings is 1. The van der Waals surface area contributed by atoms with Gasteiger partial charge in [-0.1, -0.05) is 6.07 Å². The first-order chi connectivity index (χ1) is 24.7. The second kappa shape index (κ2) is 15.3. The van der Waals surface area contributed by atoms with Crippen molar-refractivity contribution in [3.8, 4) is 28.8 Å². The van der Waals surface area contributed by atoms with E-state index in [1.165, 1.54) is 6.33 Å². The number of nitriles is 1. The second-order valence-corrected chi connectivity index (χ2v) is 14.4. The number of aliphatic hydroxyl groups is 1. The van der Waals surface area contributed by atoms with E-state index in [9.17, 15) is 10.4 Å². The number of aromatic nitrogens is 8. The van der Waals surface area contributed by atoms with Crippen molar-refractivity contribution in [2.24, 2.45) is 0 Å². The number of nitrogens with zero attached hydrogens (tertiary/aromatic N) is 10. The molecule has 3 aromatic heterocycles. The van der Waals surface area contributed by atoms with Gasteiger partial charge >= 0.3 is 0 Å². The van der Waals surface area contributed by atoms with Crippen LogP contribution >= 0.6 is 0 Å². The van der Waals surface area contributed by atoms with E-state index < -0.39 is 5.60 Å². The number of rotatable bonds is 13. The summed E-state index contributed by atoms with van der Waals surface area (Å²) in [6, 6.07) is 8.43. The van der Waals surface area contributed by atoms with E-state index in [-0.39, 0.29) is 24.4 Å². The third-order valence-electron chi connectivity index (χ3n) is 10.3. The Morgan fingerprint density at radius 2 is 1.82 bits per heavy atom. The molecule has 1 aromatic carbocycles. The van der Waals surface area contributed by atoms with Gasteiger partial charge in [0.15, 0.2) is 0 Å². The molecule has 1 aliphatic heterocycles. The van der Waals surface area contributed by atoms with Crippen LogP contribution in [0, 0.1) is 11.3 Å². The van der Waals surface area contributed by atoms with Crippen LogP contribution in [-0.2, 0) is 11.3 Å². The first-order valence-electron chi connectivity index (χ1n) is 18.1. The standard InChI is InChI=1S/C36H47N11O4/c1-24-19-45(20-25(2)50-24)30-7-9-31(10-8-30)47-22-32(34(42-47)49-14-13-36(48)11-4-12-36)41-35-38-17-29(18-39-35)27-5-6-28(16-37)33(15-27)51-26(3)21-46-23-40-43-44-46/h5-6,15,17-18,22-26,30-31,48H,4,7-14,19-21H2,1-3H3,(H,38,39,41)/t24-,25+,26-,30-,31-/m0/s1. The molecule has 3 aliphatic rings. The Hall–Kier alpha value is -4.65. The number of hydrogen-bond donors (Lipinski definition) is 2. The maximum Gasteiger partial charge on any atom is 0.256 e. The van der Waals surface area contributed by atoms with Gasteiger partial charge in [0.25, 0.3) is 5.88 Å². The molecular weight excluding hydrogens is 650 g/mol. The van der Waals surface area contributed by atoms with E-state index in [1.54, 1.807) is 23.1 Å². The van der Waals surface area contributed by atoms with Crippen molar-refractivity contribution in [3.63, 3.8) is 0 Å². The predicted molar refractivity (Wildman–Crippen MR) is 187 cm³/mol. The molecule has 0 bridgehead atoms. The molecule has 2 saturated carbocycles. The summed E-state index contributed by atoms with van der Waals surface area (Å²) in [4.78, 5) is 11.8. The zero-order valence-electron chi connectivity index (χ0n) is 29.6. The van der Waals surface area contributed by atoms with Crippen molar-refractivity contribution in [3.05, 3.63) is 48.7 Å². The van der Waals surface area contributed by atoms with Crippen molar-refractivity contribution in [2.45, 2.75) is 115 Å². The third-order valence-corrected chi connectivity index (χ3v) is 10.3. The topological polar surface area (TPSA) is 174 Å². The van der Waals surface area contributed by atoms with Gasteiger partial charge in [0.1, 0.15) is 29.9 Å². The number of nitrogens with one attached hydrogen (secondary N) is 1. The van der Waals surface area contributed by atoms with Crippen molar-refractivity contribution >= 4 is 11.6 Å². The first-order valence-corrected chi connectivity index (χ1v) is 18.1. The van der Waals surface area contributed by atoms with Crippen LogP contribution in [0.2, 0.25) is 0 Å². The molecule has 0 radical (unpaired) electrons. The van der Waals surface area contributed by atoms with Gasteiger partial charge in [-0.25, -0.2) is 14.6 Å². The smallest absolute Gasteiger partial charge is 0.256 e. The first kappa shape index (κ1) is 34.8. The van der Waals surface area contributed by atoms with Gasteiger partial charge in [-0.15, -0.1) is 10.2 Å². The van der Waals surface area contributed by atoms with Gasteiger partial charge in [-0.3, -0.25) is 9.58 Å². The van der Waals surface area contributed by atoms with Crippen LogP contribution in [0.1, 0.15) is 83.7 Å². The molecule has 3 atom stereocenters. The summed E-state index contributed by atoms with van der Waals surface area (Å²) in [5.41, 5.74) is 2.06. The van der Waals surface area contributed by atoms with Crippen LogP contribution in [0.4, 0.5) is 11.6 Å². The zero-order chi connectivity index (χ0) is 35.4. The Morgan fingerprint density at radius 3 is 2.49 bits per heavy atom. The minimum atomic E-state index is -0.634. The minimum Gasteiger partial charge on any atom is -0.487 e. The average molecular weight is 698 g/mol. The van der Waals surface area contributed by atoms with Crippen molar-refractivity contribution in [1.82, 2.24) is 44.9 Å². The Bertz CT molecular complexity index is 1770. The van der Waals surface area contributed by atoms with Gasteiger partial charge in [-0.2, -0.15) is 5.26 Å². The fraction of sp³-hybridized carbons (Fsp3) is 0.583. The Morgan fingerprint density at radius 1 is 1.08 bits per heavy atom. The minimum absolute atomic E-state index is 0.262. The van der Waals surface area contributed by atoms with Gasteiger partial charge in [0, 0.05) is 43.5 Å². The van der Waals surface area contributed by atoms with E-state index in [0.717, 1.165) is 69.2 Å². The van der Waals surface area contributed by atoms with Crippen LogP contribution in [-0.4, -0.2) is 99.6 Å². The average Bonchev–Trinajstić information content (AvgIpc) is 3.77. The van der Waals surface area contributed by atoms with Gasteiger partial charge in [0.05, 0.1) is 48.8 Å². The summed E-state index contributed by atoms with van der Waals surface area (Å²) < 4.78 is 21.9. The molecule has 2 aliphatic carbocycles. The number of ether oxygens (including phenoxy) is 3. The van der Waals surface area contributed by atoms with Gasteiger partial charge in [0.2, 0.25) is 5.95 Å². The molecule has 0 unspecified atom stereocenters. The largest absolute Gasteiger partial charge is 0.487 e. The van der Waals surface area contributed by atoms with Crippen LogP contribution in [0.3, 0.4) is 0 Å². The van der Waals surface area contributed by atoms with E-state index in [1.807, 2.05) is 29.9 Å². The summed E-state index contributed by atoms with van der Waals surface area (Å²) in [7, 11) is 0. The summed E-state index contributed by atoms with van der Waals surface area (Å²) in [5.74, 6) is 1.34. The van der Waals surface area contributed by atoms with Crippen molar-refractivity contribution in [1.29, 1.82) is 5.26 Å². The lowest BCUT2D eigenvalue weighted by Crippen LogP contribution is -2.51. The maximum absolute atomic E-state index is 10.6. The molecule has 7 rings (SSSR count). The summed E-state index contributed by atoms with van der Waals surface area (Å²) in [6.45, 7) is 9.00. The highest BCUT2D eigenvalue weighted by Gasteiger charge is 2.35. The molecule has 4 heterocycles. The second-order valence-electron chi connectivity index (χ2n) is 14.4. The van der Waals surface area contributed by atoms with Gasteiger partial charge < -0.3 is 24.6 Å². The fourth-order valence-corrected chi connectivity index (χ4v) is 7.47. The third kappa shape index (κ3) is 8.46. The highest BCUT2D eigenvalue weighted by atomic mass is 16.5. The number of hydrogen-bond acceptors (Lipinski definition) is 13. The molecular formula is C36H47N11O4. The highest BCUT2D eigenvalue weighted by Crippen LogP contribution is 2.37. The molecule has 15 nitrogen and oxygen atoms in total. The Kier molecular flexibility index (Phi) is 10.4. The summed E-state index contributed by atoms with van der Waals surface area (Å²) >= 11 is 0. The molecule has 51 heavy (non-hydrogen) atoms. The van der Waals surface area contributed by atoms with E-state index in [4.69, 9.17) is 19.3 Å². The molecule has 2 N–H and O–H groups in total. The molecule has 0 amide bonds. The summed E-state index contributed by atoms with van der Waals surface area (Å²) in [6.07, 6.45) is 14.8. The molecule has 15 heteroatoms. The Labute approximate surface area is 297 Å². The van der Waals surface area contributed by atoms with Crippen LogP contribution in [0.25, 0.3) is 11.1 Å². The molecule has 270 valence electrons. The van der Waals surface area contributed by atoms with Crippen molar-refractivity contribution < 1.29 is 19.3 Å². The summed E-state index contributed by atoms with van der Waals surface area (Å²) in [5, 5.41) is 39.8. The van der Waals surface area contributed by atoms with E-state index >= 15 is 0 Å². The normalized spacial score (nSPS) is 23.9.